The number of fused-ring (bicyclic) bond motifs is 9. The third kappa shape index (κ3) is 2.97. The van der Waals surface area contributed by atoms with E-state index in [1.165, 1.54) is 22.4 Å². The van der Waals surface area contributed by atoms with Gasteiger partial charge in [0, 0.05) is 84.7 Å². The summed E-state index contributed by atoms with van der Waals surface area (Å²) in [6.45, 7) is 8.00. The first-order valence-electron chi connectivity index (χ1n) is 19.6. The van der Waals surface area contributed by atoms with Crippen LogP contribution in [0, 0.1) is 23.7 Å². The van der Waals surface area contributed by atoms with Gasteiger partial charge < -0.3 is 28.4 Å². The van der Waals surface area contributed by atoms with Crippen LogP contribution < -0.4 is 9.80 Å². The van der Waals surface area contributed by atoms with Crippen molar-refractivity contribution in [2.75, 3.05) is 64.3 Å². The Morgan fingerprint density at radius 3 is 2.42 bits per heavy atom. The van der Waals surface area contributed by atoms with Gasteiger partial charge in [-0.3, -0.25) is 19.4 Å². The molecular formula is C42H48N4O6. The van der Waals surface area contributed by atoms with Crippen molar-refractivity contribution in [2.45, 2.75) is 86.2 Å². The van der Waals surface area contributed by atoms with E-state index in [9.17, 15) is 9.59 Å². The van der Waals surface area contributed by atoms with E-state index in [1.807, 2.05) is 0 Å². The number of carbonyl (C=O) groups excluding carboxylic acids is 2. The molecule has 6 saturated heterocycles. The molecule has 1 aromatic heterocycles. The molecule has 10 heteroatoms. The number of epoxide rings is 1. The fraction of sp³-hybridized carbons (Fsp3) is 0.619. The fourth-order valence-corrected chi connectivity index (χ4v) is 15.2. The minimum absolute atomic E-state index is 0.0902. The molecule has 12 unspecified atom stereocenters. The van der Waals surface area contributed by atoms with E-state index < -0.39 is 5.41 Å². The second-order valence-corrected chi connectivity index (χ2v) is 17.8. The van der Waals surface area contributed by atoms with Gasteiger partial charge in [0.15, 0.2) is 0 Å². The molecule has 0 N–H and O–H groups in total. The van der Waals surface area contributed by atoms with Crippen molar-refractivity contribution >= 4 is 45.3 Å². The minimum atomic E-state index is -0.390. The number of methoxy groups -OCH3 is 2. The lowest BCUT2D eigenvalue weighted by molar-refractivity contribution is -0.169. The van der Waals surface area contributed by atoms with Crippen molar-refractivity contribution in [3.8, 4) is 0 Å². The van der Waals surface area contributed by atoms with Crippen molar-refractivity contribution in [1.82, 2.24) is 9.80 Å². The fourth-order valence-electron chi connectivity index (χ4n) is 15.2. The Kier molecular flexibility index (Phi) is 5.55. The van der Waals surface area contributed by atoms with Crippen LogP contribution in [0.2, 0.25) is 0 Å². The molecule has 2 aliphatic carbocycles. The van der Waals surface area contributed by atoms with Crippen LogP contribution in [0.1, 0.15) is 57.1 Å². The number of benzene rings is 2. The van der Waals surface area contributed by atoms with Gasteiger partial charge in [-0.2, -0.15) is 0 Å². The zero-order valence-corrected chi connectivity index (χ0v) is 31.0. The molecule has 52 heavy (non-hydrogen) atoms. The van der Waals surface area contributed by atoms with E-state index in [-0.39, 0.29) is 64.4 Å². The molecule has 2 aromatic carbocycles. The summed E-state index contributed by atoms with van der Waals surface area (Å²) in [7, 11) is 7.59. The third-order valence-electron chi connectivity index (χ3n) is 17.0. The van der Waals surface area contributed by atoms with Crippen molar-refractivity contribution < 1.29 is 28.2 Å². The molecule has 10 nitrogen and oxygen atoms in total. The quantitative estimate of drug-likeness (QED) is 0.208. The number of hydrogen-bond acceptors (Lipinski definition) is 10. The van der Waals surface area contributed by atoms with Gasteiger partial charge >= 0.3 is 11.9 Å². The Bertz CT molecular complexity index is 2210. The smallest absolute Gasteiger partial charge is 0.310 e. The molecule has 7 bridgehead atoms. The highest BCUT2D eigenvalue weighted by Crippen LogP contribution is 2.71. The number of carbonyl (C=O) groups is 2. The van der Waals surface area contributed by atoms with E-state index in [1.54, 1.807) is 14.2 Å². The van der Waals surface area contributed by atoms with Gasteiger partial charge in [-0.15, -0.1) is 0 Å². The van der Waals surface area contributed by atoms with Gasteiger partial charge in [0.1, 0.15) is 22.4 Å². The number of nitrogens with zero attached hydrogens (tertiary/aromatic N) is 4. The highest BCUT2D eigenvalue weighted by atomic mass is 16.6. The zero-order valence-electron chi connectivity index (χ0n) is 31.0. The van der Waals surface area contributed by atoms with Crippen molar-refractivity contribution in [3.05, 3.63) is 47.0 Å². The highest BCUT2D eigenvalue weighted by molar-refractivity contribution is 6.09. The lowest BCUT2D eigenvalue weighted by Crippen LogP contribution is -2.76. The third-order valence-corrected chi connectivity index (χ3v) is 17.0. The molecule has 3 aromatic rings. The Labute approximate surface area is 303 Å². The van der Waals surface area contributed by atoms with Gasteiger partial charge in [-0.1, -0.05) is 11.6 Å². The average molecular weight is 705 g/mol. The molecule has 8 aliphatic heterocycles. The molecule has 8 fully saturated rings. The van der Waals surface area contributed by atoms with Gasteiger partial charge in [0.25, 0.3) is 0 Å². The predicted molar refractivity (Wildman–Crippen MR) is 195 cm³/mol. The Balaban J connectivity index is 1.07. The number of hydrogen-bond donors (Lipinski definition) is 0. The van der Waals surface area contributed by atoms with Crippen LogP contribution in [0.25, 0.3) is 21.9 Å². The Morgan fingerprint density at radius 2 is 1.67 bits per heavy atom. The number of anilines is 2. The molecule has 9 heterocycles. The van der Waals surface area contributed by atoms with Crippen LogP contribution in [-0.4, -0.2) is 106 Å². The van der Waals surface area contributed by atoms with Gasteiger partial charge in [0.2, 0.25) is 0 Å². The van der Waals surface area contributed by atoms with E-state index >= 15 is 0 Å². The summed E-state index contributed by atoms with van der Waals surface area (Å²) in [4.78, 5) is 38.5. The van der Waals surface area contributed by atoms with Crippen LogP contribution in [0.3, 0.4) is 0 Å². The molecule has 0 amide bonds. The SMILES string of the molecule is CC=C1CN2CCC34c5cc6oc7cc8c(cc7c6cc5N(C)C23CCC1C4C(=O)OC)C12CCN3CC4(OC4C)C(CC3C1N8C)C2C(=O)OC. The van der Waals surface area contributed by atoms with E-state index in [0.29, 0.717) is 6.04 Å². The zero-order chi connectivity index (χ0) is 35.4. The minimum Gasteiger partial charge on any atom is -0.469 e. The maximum absolute atomic E-state index is 14.2. The van der Waals surface area contributed by atoms with E-state index in [2.05, 4.69) is 77.9 Å². The number of likely N-dealkylation sites (N-methyl/N-ethyl adjacent to an activating group) is 2. The van der Waals surface area contributed by atoms with Gasteiger partial charge in [0.05, 0.1) is 38.2 Å². The Morgan fingerprint density at radius 1 is 0.923 bits per heavy atom. The van der Waals surface area contributed by atoms with Gasteiger partial charge in [-0.25, -0.2) is 0 Å². The topological polar surface area (TPSA) is 91.2 Å². The molecule has 2 spiro atoms. The van der Waals surface area contributed by atoms with Gasteiger partial charge in [-0.05, 0) is 87.7 Å². The second kappa shape index (κ2) is 9.36. The van der Waals surface area contributed by atoms with E-state index in [4.69, 9.17) is 18.6 Å². The average Bonchev–Trinajstić information content (AvgIpc) is 3.35. The normalized spacial score (nSPS) is 45.1. The molecule has 10 aliphatic rings. The monoisotopic (exact) mass is 704 g/mol. The molecule has 0 radical (unpaired) electrons. The largest absolute Gasteiger partial charge is 0.469 e. The summed E-state index contributed by atoms with van der Waals surface area (Å²) in [6, 6.07) is 9.82. The first-order valence-corrected chi connectivity index (χ1v) is 19.6. The molecule has 2 saturated carbocycles. The number of ether oxygens (including phenoxy) is 3. The van der Waals surface area contributed by atoms with Crippen molar-refractivity contribution in [1.29, 1.82) is 0 Å². The van der Waals surface area contributed by atoms with Crippen LogP contribution in [0.15, 0.2) is 40.3 Å². The summed E-state index contributed by atoms with van der Waals surface area (Å²) in [5, 5.41) is 2.19. The highest BCUT2D eigenvalue weighted by Gasteiger charge is 2.78. The number of furan rings is 1. The van der Waals surface area contributed by atoms with E-state index in [0.717, 1.165) is 85.9 Å². The van der Waals surface area contributed by atoms with Crippen LogP contribution in [0.5, 0.6) is 0 Å². The number of piperidine rings is 2. The summed E-state index contributed by atoms with van der Waals surface area (Å²) >= 11 is 0. The van der Waals surface area contributed by atoms with Crippen molar-refractivity contribution in [2.24, 2.45) is 23.7 Å². The van der Waals surface area contributed by atoms with Crippen molar-refractivity contribution in [3.63, 3.8) is 0 Å². The summed E-state index contributed by atoms with van der Waals surface area (Å²) in [5.74, 6) is -0.423. The summed E-state index contributed by atoms with van der Waals surface area (Å²) in [5.41, 5.74) is 6.62. The predicted octanol–water partition coefficient (Wildman–Crippen LogP) is 4.95. The van der Waals surface area contributed by atoms with Crippen LogP contribution >= 0.6 is 0 Å². The number of allylic oxidation sites excluding steroid dienone is 1. The number of rotatable bonds is 2. The summed E-state index contributed by atoms with van der Waals surface area (Å²) in [6.07, 6.45) is 7.18. The molecule has 272 valence electrons. The van der Waals surface area contributed by atoms with Crippen LogP contribution in [-0.2, 0) is 34.6 Å². The second-order valence-electron chi connectivity index (χ2n) is 17.8. The lowest BCUT2D eigenvalue weighted by Gasteiger charge is -2.64. The maximum atomic E-state index is 14.2. The Hall–Kier alpha value is -3.60. The number of esters is 2. The molecular weight excluding hydrogens is 656 g/mol. The molecule has 13 rings (SSSR count). The molecule has 12 atom stereocenters. The lowest BCUT2D eigenvalue weighted by atomic mass is 9.48. The maximum Gasteiger partial charge on any atom is 0.310 e. The summed E-state index contributed by atoms with van der Waals surface area (Å²) < 4.78 is 24.7. The van der Waals surface area contributed by atoms with Crippen LogP contribution in [0.4, 0.5) is 11.4 Å². The standard InChI is InChI=1S/C42H48N4O6/c1-7-22-19-46-13-11-40-27-17-32-25(15-30(27)44(4)42(40,46)9-8-23(22)34(40)37(47)49-5)24-14-26-29(18-33(24)51-32)43(3)36-31-16-28-35(38(48)50-6)39(26,36)10-12-45(31)20-41(28)21(2)52-41/h7,14-15,17-18,21,23,28,31,34-36H,8-13,16,19-20H2,1-6H3. The first-order chi connectivity index (χ1) is 25.1. The first kappa shape index (κ1) is 30.8.